The second-order valence-electron chi connectivity index (χ2n) is 7.39. The van der Waals surface area contributed by atoms with Crippen molar-refractivity contribution in [2.75, 3.05) is 12.0 Å². The van der Waals surface area contributed by atoms with Gasteiger partial charge in [-0.1, -0.05) is 60.7 Å². The molecule has 34 heavy (non-hydrogen) atoms. The maximum absolute atomic E-state index is 13.6. The summed E-state index contributed by atoms with van der Waals surface area (Å²) < 4.78 is 32.4. The van der Waals surface area contributed by atoms with E-state index < -0.39 is 30.9 Å². The average Bonchev–Trinajstić information content (AvgIpc) is 3.05. The Kier molecular flexibility index (Phi) is 6.29. The van der Waals surface area contributed by atoms with Crippen molar-refractivity contribution in [3.05, 3.63) is 117 Å². The Morgan fingerprint density at radius 1 is 1.00 bits per heavy atom. The summed E-state index contributed by atoms with van der Waals surface area (Å²) in [5.41, 5.74) is 0.940. The van der Waals surface area contributed by atoms with E-state index in [1.807, 2.05) is 6.07 Å². The highest BCUT2D eigenvalue weighted by atomic mass is 32.2. The first-order valence-electron chi connectivity index (χ1n) is 10.2. The van der Waals surface area contributed by atoms with Gasteiger partial charge in [-0.2, -0.15) is 0 Å². The van der Waals surface area contributed by atoms with Crippen molar-refractivity contribution in [2.45, 2.75) is 5.37 Å². The lowest BCUT2D eigenvalue weighted by Gasteiger charge is -2.23. The lowest BCUT2D eigenvalue weighted by Crippen LogP contribution is -2.28. The van der Waals surface area contributed by atoms with E-state index in [0.717, 1.165) is 4.90 Å². The molecule has 1 amide bonds. The van der Waals surface area contributed by atoms with E-state index in [1.165, 1.54) is 43.5 Å². The summed E-state index contributed by atoms with van der Waals surface area (Å²) in [5.74, 6) is -0.120. The number of hydrogen-bond acceptors (Lipinski definition) is 6. The number of anilines is 1. The van der Waals surface area contributed by atoms with Crippen molar-refractivity contribution < 1.29 is 22.9 Å². The quantitative estimate of drug-likeness (QED) is 0.291. The highest BCUT2D eigenvalue weighted by Crippen LogP contribution is 2.43. The highest BCUT2D eigenvalue weighted by Gasteiger charge is 2.50. The van der Waals surface area contributed by atoms with E-state index >= 15 is 0 Å². The molecule has 172 valence electrons. The molecule has 1 heterocycles. The number of non-ortho nitro benzene ring substituents is 1. The van der Waals surface area contributed by atoms with Crippen LogP contribution in [-0.4, -0.2) is 26.4 Å². The third-order valence-electron chi connectivity index (χ3n) is 5.33. The zero-order chi connectivity index (χ0) is 24.3. The summed E-state index contributed by atoms with van der Waals surface area (Å²) in [4.78, 5) is 24.8. The smallest absolute Gasteiger partial charge is 0.271 e. The standard InChI is InChI=1S/C25H20N2O6S/c1-33-22-15-6-5-9-18(22)10-8-16-23-24(28)26(20-12-3-2-4-13-20)25(34(23,31)32)19-11-7-14-21(17-19)27(29)30/h2-17,25H,1H3/b10-8+,23-16-. The molecule has 0 saturated carbocycles. The molecule has 1 atom stereocenters. The van der Waals surface area contributed by atoms with Crippen LogP contribution >= 0.6 is 0 Å². The van der Waals surface area contributed by atoms with Gasteiger partial charge in [0, 0.05) is 23.4 Å². The van der Waals surface area contributed by atoms with E-state index in [1.54, 1.807) is 54.6 Å². The molecule has 1 aliphatic rings. The number of rotatable bonds is 6. The second kappa shape index (κ2) is 9.32. The topological polar surface area (TPSA) is 107 Å². The third-order valence-corrected chi connectivity index (χ3v) is 7.32. The number of carbonyl (C=O) groups is 1. The fourth-order valence-corrected chi connectivity index (χ4v) is 5.63. The van der Waals surface area contributed by atoms with Crippen molar-refractivity contribution in [3.8, 4) is 5.75 Å². The first kappa shape index (κ1) is 22.9. The Balaban J connectivity index is 1.83. The van der Waals surface area contributed by atoms with Gasteiger partial charge < -0.3 is 4.74 Å². The van der Waals surface area contributed by atoms with Crippen LogP contribution < -0.4 is 9.64 Å². The van der Waals surface area contributed by atoms with Gasteiger partial charge in [0.05, 0.1) is 12.0 Å². The number of para-hydroxylation sites is 2. The first-order chi connectivity index (χ1) is 16.3. The Morgan fingerprint density at radius 3 is 2.41 bits per heavy atom. The molecular weight excluding hydrogens is 456 g/mol. The number of sulfone groups is 1. The van der Waals surface area contributed by atoms with Crippen molar-refractivity contribution in [1.29, 1.82) is 0 Å². The number of nitro benzene ring substituents is 1. The third kappa shape index (κ3) is 4.20. The van der Waals surface area contributed by atoms with Crippen LogP contribution in [0.4, 0.5) is 11.4 Å². The predicted octanol–water partition coefficient (Wildman–Crippen LogP) is 4.66. The van der Waals surface area contributed by atoms with Crippen LogP contribution in [0.1, 0.15) is 16.5 Å². The van der Waals surface area contributed by atoms with E-state index in [0.29, 0.717) is 17.0 Å². The van der Waals surface area contributed by atoms with E-state index in [4.69, 9.17) is 4.74 Å². The minimum atomic E-state index is -4.21. The fourth-order valence-electron chi connectivity index (χ4n) is 3.78. The van der Waals surface area contributed by atoms with Gasteiger partial charge in [-0.3, -0.25) is 19.8 Å². The summed E-state index contributed by atoms with van der Waals surface area (Å²) in [7, 11) is -2.68. The minimum absolute atomic E-state index is 0.128. The molecule has 0 N–H and O–H groups in total. The maximum atomic E-state index is 13.6. The van der Waals surface area contributed by atoms with Gasteiger partial charge in [-0.25, -0.2) is 8.42 Å². The number of nitro groups is 1. The molecule has 1 unspecified atom stereocenters. The fraction of sp³-hybridized carbons (Fsp3) is 0.0800. The summed E-state index contributed by atoms with van der Waals surface area (Å²) in [6.07, 6.45) is 4.36. The highest BCUT2D eigenvalue weighted by molar-refractivity contribution is 7.97. The van der Waals surface area contributed by atoms with Crippen LogP contribution in [0.5, 0.6) is 5.75 Å². The van der Waals surface area contributed by atoms with Crippen molar-refractivity contribution >= 4 is 33.2 Å². The molecule has 4 rings (SSSR count). The van der Waals surface area contributed by atoms with Crippen LogP contribution in [0.15, 0.2) is 95.9 Å². The average molecular weight is 477 g/mol. The van der Waals surface area contributed by atoms with Gasteiger partial charge in [-0.15, -0.1) is 0 Å². The zero-order valence-corrected chi connectivity index (χ0v) is 18.9. The van der Waals surface area contributed by atoms with Crippen LogP contribution in [-0.2, 0) is 14.6 Å². The summed E-state index contributed by atoms with van der Waals surface area (Å²) in [5, 5.41) is 9.85. The molecule has 0 spiro atoms. The number of amides is 1. The number of nitrogens with zero attached hydrogens (tertiary/aromatic N) is 2. The van der Waals surface area contributed by atoms with Gasteiger partial charge in [0.2, 0.25) is 9.84 Å². The number of methoxy groups -OCH3 is 1. The van der Waals surface area contributed by atoms with Crippen LogP contribution in [0.3, 0.4) is 0 Å². The van der Waals surface area contributed by atoms with Gasteiger partial charge in [-0.05, 0) is 29.8 Å². The Hall–Kier alpha value is -4.24. The number of benzene rings is 3. The largest absolute Gasteiger partial charge is 0.496 e. The van der Waals surface area contributed by atoms with E-state index in [9.17, 15) is 23.3 Å². The van der Waals surface area contributed by atoms with Crippen LogP contribution in [0.2, 0.25) is 0 Å². The first-order valence-corrected chi connectivity index (χ1v) is 11.8. The second-order valence-corrected chi connectivity index (χ2v) is 9.37. The lowest BCUT2D eigenvalue weighted by molar-refractivity contribution is -0.384. The minimum Gasteiger partial charge on any atom is -0.496 e. The molecule has 9 heteroatoms. The molecule has 1 saturated heterocycles. The summed E-state index contributed by atoms with van der Waals surface area (Å²) >= 11 is 0. The van der Waals surface area contributed by atoms with E-state index in [2.05, 4.69) is 0 Å². The molecule has 3 aromatic rings. The molecule has 0 aromatic heterocycles. The Labute approximate surface area is 196 Å². The molecule has 0 aliphatic carbocycles. The Morgan fingerprint density at radius 2 is 1.71 bits per heavy atom. The number of allylic oxidation sites excluding steroid dienone is 2. The van der Waals surface area contributed by atoms with Gasteiger partial charge >= 0.3 is 0 Å². The monoisotopic (exact) mass is 476 g/mol. The normalized spacial score (nSPS) is 18.5. The number of carbonyl (C=O) groups excluding carboxylic acids is 1. The van der Waals surface area contributed by atoms with Gasteiger partial charge in [0.1, 0.15) is 10.7 Å². The molecule has 3 aromatic carbocycles. The SMILES string of the molecule is COc1ccccc1/C=C/C=C1/C(=O)N(c2ccccc2)C(c2cccc([N+](=O)[O-])c2)S1(=O)=O. The zero-order valence-electron chi connectivity index (χ0n) is 18.1. The number of ether oxygens (including phenoxy) is 1. The molecule has 1 fully saturated rings. The van der Waals surface area contributed by atoms with Gasteiger partial charge in [0.25, 0.3) is 11.6 Å². The van der Waals surface area contributed by atoms with Crippen LogP contribution in [0.25, 0.3) is 6.08 Å². The number of hydrogen-bond donors (Lipinski definition) is 0. The lowest BCUT2D eigenvalue weighted by atomic mass is 10.1. The molecule has 0 bridgehead atoms. The van der Waals surface area contributed by atoms with E-state index in [-0.39, 0.29) is 11.3 Å². The van der Waals surface area contributed by atoms with Gasteiger partial charge in [0.15, 0.2) is 5.37 Å². The molecule has 1 aliphatic heterocycles. The summed E-state index contributed by atoms with van der Waals surface area (Å²) in [6, 6.07) is 20.8. The molecular formula is C25H20N2O6S. The van der Waals surface area contributed by atoms with Crippen molar-refractivity contribution in [2.24, 2.45) is 0 Å². The molecule has 8 nitrogen and oxygen atoms in total. The summed E-state index contributed by atoms with van der Waals surface area (Å²) in [6.45, 7) is 0. The van der Waals surface area contributed by atoms with Crippen LogP contribution in [0, 0.1) is 10.1 Å². The van der Waals surface area contributed by atoms with Crippen molar-refractivity contribution in [1.82, 2.24) is 0 Å². The Bertz CT molecular complexity index is 1410. The maximum Gasteiger partial charge on any atom is 0.271 e. The predicted molar refractivity (Wildman–Crippen MR) is 129 cm³/mol. The molecule has 0 radical (unpaired) electrons. The van der Waals surface area contributed by atoms with Crippen molar-refractivity contribution in [3.63, 3.8) is 0 Å².